The van der Waals surface area contributed by atoms with Gasteiger partial charge in [0.15, 0.2) is 0 Å². The summed E-state index contributed by atoms with van der Waals surface area (Å²) in [5.41, 5.74) is 4.36. The van der Waals surface area contributed by atoms with E-state index in [2.05, 4.69) is 10.1 Å². The minimum Gasteiger partial charge on any atom is -0.336 e. The van der Waals surface area contributed by atoms with E-state index >= 15 is 0 Å². The zero-order chi connectivity index (χ0) is 18.1. The van der Waals surface area contributed by atoms with Crippen LogP contribution in [0.2, 0.25) is 0 Å². The van der Waals surface area contributed by atoms with E-state index in [9.17, 15) is 4.79 Å². The maximum Gasteiger partial charge on any atom is 0.272 e. The number of para-hydroxylation sites is 1. The van der Waals surface area contributed by atoms with Crippen molar-refractivity contribution in [2.45, 2.75) is 13.5 Å². The number of imidazole rings is 1. The molecule has 0 aliphatic carbocycles. The number of carbonyl (C=O) groups excluding carboxylic acids is 1. The topological polar surface area (TPSA) is 55.4 Å². The van der Waals surface area contributed by atoms with Crippen molar-refractivity contribution in [1.29, 1.82) is 0 Å². The van der Waals surface area contributed by atoms with Gasteiger partial charge in [0.2, 0.25) is 0 Å². The largest absolute Gasteiger partial charge is 0.336 e. The number of carbonyl (C=O) groups is 1. The maximum absolute atomic E-state index is 12.9. The molecular formula is C20H19N5O. The molecule has 0 saturated heterocycles. The van der Waals surface area contributed by atoms with Crippen molar-refractivity contribution in [2.24, 2.45) is 0 Å². The van der Waals surface area contributed by atoms with Crippen LogP contribution in [0.3, 0.4) is 0 Å². The molecule has 1 amide bonds. The van der Waals surface area contributed by atoms with Gasteiger partial charge >= 0.3 is 0 Å². The van der Waals surface area contributed by atoms with Gasteiger partial charge in [-0.15, -0.1) is 0 Å². The average molecular weight is 345 g/mol. The minimum atomic E-state index is -0.0736. The van der Waals surface area contributed by atoms with Crippen molar-refractivity contribution in [3.8, 4) is 5.69 Å². The average Bonchev–Trinajstić information content (AvgIpc) is 3.28. The zero-order valence-electron chi connectivity index (χ0n) is 14.7. The van der Waals surface area contributed by atoms with Crippen LogP contribution < -0.4 is 0 Å². The third-order valence-electron chi connectivity index (χ3n) is 4.30. The van der Waals surface area contributed by atoms with Crippen molar-refractivity contribution in [2.75, 3.05) is 7.05 Å². The number of hydrogen-bond donors (Lipinski definition) is 0. The van der Waals surface area contributed by atoms with E-state index in [1.54, 1.807) is 24.3 Å². The van der Waals surface area contributed by atoms with Crippen LogP contribution in [0.5, 0.6) is 0 Å². The summed E-state index contributed by atoms with van der Waals surface area (Å²) >= 11 is 0. The number of benzene rings is 1. The molecule has 6 heteroatoms. The number of nitrogens with zero attached hydrogens (tertiary/aromatic N) is 5. The van der Waals surface area contributed by atoms with Crippen LogP contribution in [0.25, 0.3) is 11.3 Å². The number of hydrogen-bond acceptors (Lipinski definition) is 3. The van der Waals surface area contributed by atoms with E-state index in [0.29, 0.717) is 12.2 Å². The first-order valence-corrected chi connectivity index (χ1v) is 8.40. The van der Waals surface area contributed by atoms with Crippen LogP contribution in [0.15, 0.2) is 67.3 Å². The molecule has 4 rings (SSSR count). The molecule has 4 aromatic rings. The fourth-order valence-corrected chi connectivity index (χ4v) is 2.95. The SMILES string of the molecule is Cc1ccc2ncc(C(=O)N(C)Cc3cnn(-c4ccccc4)c3)n2c1. The fraction of sp³-hybridized carbons (Fsp3) is 0.150. The first-order valence-electron chi connectivity index (χ1n) is 8.40. The summed E-state index contributed by atoms with van der Waals surface area (Å²) in [5, 5.41) is 4.38. The maximum atomic E-state index is 12.9. The van der Waals surface area contributed by atoms with Gasteiger partial charge in [0.25, 0.3) is 5.91 Å². The molecule has 0 aliphatic rings. The summed E-state index contributed by atoms with van der Waals surface area (Å²) in [6.45, 7) is 2.47. The van der Waals surface area contributed by atoms with Crippen LogP contribution in [0, 0.1) is 6.92 Å². The van der Waals surface area contributed by atoms with E-state index in [1.807, 2.05) is 70.9 Å². The molecule has 3 heterocycles. The number of pyridine rings is 1. The standard InChI is InChI=1S/C20H19N5O/c1-15-8-9-19-21-11-18(24(19)12-15)20(26)23(2)13-16-10-22-25(14-16)17-6-4-3-5-7-17/h3-12,14H,13H2,1-2H3. The van der Waals surface area contributed by atoms with E-state index < -0.39 is 0 Å². The lowest BCUT2D eigenvalue weighted by atomic mass is 10.3. The molecule has 0 aliphatic heterocycles. The molecule has 1 aromatic carbocycles. The summed E-state index contributed by atoms with van der Waals surface area (Å²) in [6, 6.07) is 13.8. The summed E-state index contributed by atoms with van der Waals surface area (Å²) in [6.07, 6.45) is 7.28. The third kappa shape index (κ3) is 2.97. The van der Waals surface area contributed by atoms with Gasteiger partial charge in [-0.25, -0.2) is 9.67 Å². The lowest BCUT2D eigenvalue weighted by Crippen LogP contribution is -2.27. The van der Waals surface area contributed by atoms with Crippen molar-refractivity contribution in [3.05, 3.63) is 84.1 Å². The van der Waals surface area contributed by atoms with Crippen molar-refractivity contribution in [3.63, 3.8) is 0 Å². The normalized spacial score (nSPS) is 11.0. The Balaban J connectivity index is 1.54. The molecule has 0 bridgehead atoms. The summed E-state index contributed by atoms with van der Waals surface area (Å²) < 4.78 is 3.65. The molecule has 0 atom stereocenters. The molecule has 0 saturated carbocycles. The second-order valence-electron chi connectivity index (χ2n) is 6.37. The van der Waals surface area contributed by atoms with Crippen molar-refractivity contribution in [1.82, 2.24) is 24.1 Å². The molecule has 6 nitrogen and oxygen atoms in total. The number of amides is 1. The predicted molar refractivity (Wildman–Crippen MR) is 99.3 cm³/mol. The number of rotatable bonds is 4. The Morgan fingerprint density at radius 1 is 1.08 bits per heavy atom. The predicted octanol–water partition coefficient (Wildman–Crippen LogP) is 3.10. The van der Waals surface area contributed by atoms with Gasteiger partial charge in [-0.05, 0) is 30.7 Å². The van der Waals surface area contributed by atoms with Gasteiger partial charge in [0.05, 0.1) is 18.1 Å². The highest BCUT2D eigenvalue weighted by Gasteiger charge is 2.17. The lowest BCUT2D eigenvalue weighted by Gasteiger charge is -2.15. The molecule has 3 aromatic heterocycles. The zero-order valence-corrected chi connectivity index (χ0v) is 14.7. The number of fused-ring (bicyclic) bond motifs is 1. The van der Waals surface area contributed by atoms with Gasteiger partial charge in [-0.1, -0.05) is 24.3 Å². The molecule has 0 spiro atoms. The fourth-order valence-electron chi connectivity index (χ4n) is 2.95. The van der Waals surface area contributed by atoms with Crippen molar-refractivity contribution < 1.29 is 4.79 Å². The van der Waals surface area contributed by atoms with Gasteiger partial charge in [-0.3, -0.25) is 9.20 Å². The summed E-state index contributed by atoms with van der Waals surface area (Å²) in [7, 11) is 1.79. The van der Waals surface area contributed by atoms with E-state index in [1.165, 1.54) is 0 Å². The van der Waals surface area contributed by atoms with Gasteiger partial charge in [-0.2, -0.15) is 5.10 Å². The highest BCUT2D eigenvalue weighted by Crippen LogP contribution is 2.13. The highest BCUT2D eigenvalue weighted by molar-refractivity contribution is 5.93. The second-order valence-corrected chi connectivity index (χ2v) is 6.37. The monoisotopic (exact) mass is 345 g/mol. The van der Waals surface area contributed by atoms with Crippen LogP contribution in [-0.2, 0) is 6.54 Å². The molecule has 130 valence electrons. The van der Waals surface area contributed by atoms with Gasteiger partial charge in [0, 0.05) is 31.5 Å². The first kappa shape index (κ1) is 16.1. The Hall–Kier alpha value is -3.41. The van der Waals surface area contributed by atoms with Crippen LogP contribution in [-0.4, -0.2) is 37.0 Å². The molecule has 26 heavy (non-hydrogen) atoms. The molecule has 0 radical (unpaired) electrons. The van der Waals surface area contributed by atoms with Crippen molar-refractivity contribution >= 4 is 11.6 Å². The Bertz CT molecular complexity index is 1060. The van der Waals surface area contributed by atoms with E-state index in [4.69, 9.17) is 0 Å². The van der Waals surface area contributed by atoms with Crippen LogP contribution in [0.1, 0.15) is 21.6 Å². The number of aryl methyl sites for hydroxylation is 1. The summed E-state index contributed by atoms with van der Waals surface area (Å²) in [4.78, 5) is 18.8. The minimum absolute atomic E-state index is 0.0736. The third-order valence-corrected chi connectivity index (χ3v) is 4.30. The van der Waals surface area contributed by atoms with Gasteiger partial charge in [0.1, 0.15) is 11.3 Å². The Morgan fingerprint density at radius 3 is 2.69 bits per heavy atom. The molecular weight excluding hydrogens is 326 g/mol. The lowest BCUT2D eigenvalue weighted by molar-refractivity contribution is 0.0778. The van der Waals surface area contributed by atoms with Gasteiger partial charge < -0.3 is 4.90 Å². The quantitative estimate of drug-likeness (QED) is 0.571. The smallest absolute Gasteiger partial charge is 0.272 e. The first-order chi connectivity index (χ1) is 12.6. The molecule has 0 fully saturated rings. The molecule has 0 unspecified atom stereocenters. The number of aromatic nitrogens is 4. The van der Waals surface area contributed by atoms with E-state index in [0.717, 1.165) is 22.5 Å². The van der Waals surface area contributed by atoms with Crippen LogP contribution in [0.4, 0.5) is 0 Å². The van der Waals surface area contributed by atoms with Crippen LogP contribution >= 0.6 is 0 Å². The molecule has 0 N–H and O–H groups in total. The Labute approximate surface area is 151 Å². The Morgan fingerprint density at radius 2 is 1.88 bits per heavy atom. The second kappa shape index (κ2) is 6.48. The highest BCUT2D eigenvalue weighted by atomic mass is 16.2. The summed E-state index contributed by atoms with van der Waals surface area (Å²) in [5.74, 6) is -0.0736. The van der Waals surface area contributed by atoms with E-state index in [-0.39, 0.29) is 5.91 Å². The Kier molecular flexibility index (Phi) is 4.01.